The highest BCUT2D eigenvalue weighted by atomic mass is 19.4. The van der Waals surface area contributed by atoms with Crippen molar-refractivity contribution in [1.82, 2.24) is 0 Å². The first-order valence-corrected chi connectivity index (χ1v) is 6.20. The summed E-state index contributed by atoms with van der Waals surface area (Å²) in [5, 5.41) is 2.89. The van der Waals surface area contributed by atoms with E-state index in [0.717, 1.165) is 12.1 Å². The zero-order valence-corrected chi connectivity index (χ0v) is 11.1. The van der Waals surface area contributed by atoms with Crippen molar-refractivity contribution in [1.29, 1.82) is 0 Å². The van der Waals surface area contributed by atoms with Crippen molar-refractivity contribution in [2.24, 2.45) is 0 Å². The first kappa shape index (κ1) is 16.1. The van der Waals surface area contributed by atoms with Gasteiger partial charge in [-0.1, -0.05) is 0 Å². The number of nitrogens with two attached hydrogens (primary N) is 1. The van der Waals surface area contributed by atoms with Crippen LogP contribution in [0.1, 0.15) is 25.3 Å². The second kappa shape index (κ2) is 7.02. The SMILES string of the molecule is CCOC(=O)CCCNc1ccc(C(F)(F)F)cc1N. The molecular weight excluding hydrogens is 273 g/mol. The van der Waals surface area contributed by atoms with E-state index in [0.29, 0.717) is 25.3 Å². The van der Waals surface area contributed by atoms with Crippen molar-refractivity contribution < 1.29 is 22.7 Å². The minimum absolute atomic E-state index is 0.0240. The van der Waals surface area contributed by atoms with Gasteiger partial charge in [0.2, 0.25) is 0 Å². The van der Waals surface area contributed by atoms with Gasteiger partial charge in [-0.2, -0.15) is 13.2 Å². The van der Waals surface area contributed by atoms with E-state index >= 15 is 0 Å². The monoisotopic (exact) mass is 290 g/mol. The quantitative estimate of drug-likeness (QED) is 0.480. The Morgan fingerprint density at radius 3 is 2.65 bits per heavy atom. The molecule has 0 bridgehead atoms. The number of alkyl halides is 3. The highest BCUT2D eigenvalue weighted by Gasteiger charge is 2.30. The lowest BCUT2D eigenvalue weighted by atomic mass is 10.1. The van der Waals surface area contributed by atoms with Gasteiger partial charge in [-0.3, -0.25) is 4.79 Å². The van der Waals surface area contributed by atoms with Crippen LogP contribution in [0.3, 0.4) is 0 Å². The highest BCUT2D eigenvalue weighted by Crippen LogP contribution is 2.32. The molecule has 4 nitrogen and oxygen atoms in total. The van der Waals surface area contributed by atoms with Crippen LogP contribution in [-0.4, -0.2) is 19.1 Å². The Kier molecular flexibility index (Phi) is 5.66. The standard InChI is InChI=1S/C13H17F3N2O2/c1-2-20-12(19)4-3-7-18-11-6-5-9(8-10(11)17)13(14,15)16/h5-6,8,18H,2-4,7,17H2,1H3. The van der Waals surface area contributed by atoms with Crippen molar-refractivity contribution in [3.8, 4) is 0 Å². The van der Waals surface area contributed by atoms with E-state index in [9.17, 15) is 18.0 Å². The van der Waals surface area contributed by atoms with E-state index in [1.807, 2.05) is 0 Å². The van der Waals surface area contributed by atoms with Crippen molar-refractivity contribution >= 4 is 17.3 Å². The number of benzene rings is 1. The van der Waals surface area contributed by atoms with Gasteiger partial charge in [-0.25, -0.2) is 0 Å². The molecule has 0 aliphatic carbocycles. The van der Waals surface area contributed by atoms with E-state index in [-0.39, 0.29) is 18.1 Å². The van der Waals surface area contributed by atoms with Gasteiger partial charge in [0, 0.05) is 13.0 Å². The van der Waals surface area contributed by atoms with Crippen LogP contribution in [0.4, 0.5) is 24.5 Å². The third-order valence-corrected chi connectivity index (χ3v) is 2.56. The Labute approximate surface area is 115 Å². The molecule has 20 heavy (non-hydrogen) atoms. The molecule has 0 saturated heterocycles. The molecule has 0 amide bonds. The molecule has 0 atom stereocenters. The van der Waals surface area contributed by atoms with E-state index in [1.54, 1.807) is 6.92 Å². The molecule has 0 saturated carbocycles. The van der Waals surface area contributed by atoms with Crippen LogP contribution < -0.4 is 11.1 Å². The van der Waals surface area contributed by atoms with Gasteiger partial charge in [0.25, 0.3) is 0 Å². The molecule has 0 aliphatic rings. The van der Waals surface area contributed by atoms with Gasteiger partial charge in [0.15, 0.2) is 0 Å². The summed E-state index contributed by atoms with van der Waals surface area (Å²) in [6, 6.07) is 3.13. The summed E-state index contributed by atoms with van der Waals surface area (Å²) < 4.78 is 42.1. The summed E-state index contributed by atoms with van der Waals surface area (Å²) in [5.74, 6) is -0.297. The number of carbonyl (C=O) groups excluding carboxylic acids is 1. The molecule has 0 aliphatic heterocycles. The van der Waals surface area contributed by atoms with E-state index in [1.165, 1.54) is 6.07 Å². The lowest BCUT2D eigenvalue weighted by molar-refractivity contribution is -0.143. The number of esters is 1. The summed E-state index contributed by atoms with van der Waals surface area (Å²) in [6.07, 6.45) is -3.64. The number of halogens is 3. The largest absolute Gasteiger partial charge is 0.466 e. The van der Waals surface area contributed by atoms with Crippen LogP contribution in [-0.2, 0) is 15.7 Å². The van der Waals surface area contributed by atoms with Crippen LogP contribution in [0.5, 0.6) is 0 Å². The van der Waals surface area contributed by atoms with Crippen LogP contribution in [0.15, 0.2) is 18.2 Å². The van der Waals surface area contributed by atoms with Gasteiger partial charge in [0.05, 0.1) is 23.5 Å². The predicted molar refractivity (Wildman–Crippen MR) is 70.2 cm³/mol. The Balaban J connectivity index is 2.47. The van der Waals surface area contributed by atoms with Crippen LogP contribution >= 0.6 is 0 Å². The van der Waals surface area contributed by atoms with E-state index in [4.69, 9.17) is 10.5 Å². The number of rotatable bonds is 6. The Bertz CT molecular complexity index is 461. The molecule has 112 valence electrons. The molecule has 7 heteroatoms. The summed E-state index contributed by atoms with van der Waals surface area (Å²) >= 11 is 0. The highest BCUT2D eigenvalue weighted by molar-refractivity contribution is 5.69. The average molecular weight is 290 g/mol. The van der Waals surface area contributed by atoms with Gasteiger partial charge in [-0.05, 0) is 31.5 Å². The molecular formula is C13H17F3N2O2. The maximum Gasteiger partial charge on any atom is 0.416 e. The van der Waals surface area contributed by atoms with Crippen LogP contribution in [0.2, 0.25) is 0 Å². The lowest BCUT2D eigenvalue weighted by Crippen LogP contribution is -2.10. The number of nitrogen functional groups attached to an aromatic ring is 1. The second-order valence-electron chi connectivity index (χ2n) is 4.14. The number of ether oxygens (including phenoxy) is 1. The van der Waals surface area contributed by atoms with Crippen molar-refractivity contribution in [2.45, 2.75) is 25.9 Å². The average Bonchev–Trinajstić information content (AvgIpc) is 2.35. The molecule has 0 aromatic heterocycles. The fraction of sp³-hybridized carbons (Fsp3) is 0.462. The smallest absolute Gasteiger partial charge is 0.416 e. The van der Waals surface area contributed by atoms with Crippen LogP contribution in [0.25, 0.3) is 0 Å². The zero-order valence-electron chi connectivity index (χ0n) is 11.1. The van der Waals surface area contributed by atoms with Crippen molar-refractivity contribution in [3.05, 3.63) is 23.8 Å². The van der Waals surface area contributed by atoms with Gasteiger partial charge >= 0.3 is 12.1 Å². The fourth-order valence-corrected chi connectivity index (χ4v) is 1.59. The lowest BCUT2D eigenvalue weighted by Gasteiger charge is -2.12. The normalized spacial score (nSPS) is 11.2. The van der Waals surface area contributed by atoms with Crippen LogP contribution in [0, 0.1) is 0 Å². The minimum atomic E-state index is -4.41. The third kappa shape index (κ3) is 4.99. The molecule has 0 fully saturated rings. The first-order chi connectivity index (χ1) is 9.34. The van der Waals surface area contributed by atoms with Gasteiger partial charge in [-0.15, -0.1) is 0 Å². The summed E-state index contributed by atoms with van der Waals surface area (Å²) in [5.41, 5.74) is 5.21. The summed E-state index contributed by atoms with van der Waals surface area (Å²) in [7, 11) is 0. The zero-order chi connectivity index (χ0) is 15.2. The number of carbonyl (C=O) groups is 1. The second-order valence-corrected chi connectivity index (χ2v) is 4.14. The molecule has 1 aromatic carbocycles. The molecule has 0 unspecified atom stereocenters. The molecule has 3 N–H and O–H groups in total. The van der Waals surface area contributed by atoms with Gasteiger partial charge < -0.3 is 15.8 Å². The molecule has 0 spiro atoms. The van der Waals surface area contributed by atoms with Crippen molar-refractivity contribution in [2.75, 3.05) is 24.2 Å². The fourth-order valence-electron chi connectivity index (χ4n) is 1.59. The minimum Gasteiger partial charge on any atom is -0.466 e. The Morgan fingerprint density at radius 1 is 1.40 bits per heavy atom. The summed E-state index contributed by atoms with van der Waals surface area (Å²) in [4.78, 5) is 11.1. The maximum absolute atomic E-state index is 12.4. The number of anilines is 2. The number of hydrogen-bond acceptors (Lipinski definition) is 4. The predicted octanol–water partition coefficient (Wildman–Crippen LogP) is 3.04. The third-order valence-electron chi connectivity index (χ3n) is 2.56. The van der Waals surface area contributed by atoms with E-state index in [2.05, 4.69) is 5.32 Å². The number of hydrogen-bond donors (Lipinski definition) is 2. The molecule has 1 aromatic rings. The van der Waals surface area contributed by atoms with Crippen molar-refractivity contribution in [3.63, 3.8) is 0 Å². The van der Waals surface area contributed by atoms with E-state index < -0.39 is 11.7 Å². The Morgan fingerprint density at radius 2 is 2.10 bits per heavy atom. The molecule has 0 radical (unpaired) electrons. The Hall–Kier alpha value is -1.92. The topological polar surface area (TPSA) is 64.3 Å². The first-order valence-electron chi connectivity index (χ1n) is 6.20. The maximum atomic E-state index is 12.4. The molecule has 0 heterocycles. The molecule has 1 rings (SSSR count). The number of nitrogens with one attached hydrogen (secondary N) is 1. The summed E-state index contributed by atoms with van der Waals surface area (Å²) in [6.45, 7) is 2.48. The van der Waals surface area contributed by atoms with Gasteiger partial charge in [0.1, 0.15) is 0 Å².